The fraction of sp³-hybridized carbons (Fsp3) is 0.917. The van der Waals surface area contributed by atoms with Gasteiger partial charge in [0.05, 0.1) is 0 Å². The van der Waals surface area contributed by atoms with E-state index in [2.05, 4.69) is 13.8 Å². The number of rotatable bonds is 1. The minimum atomic E-state index is 0.384. The smallest absolute Gasteiger partial charge is 0.123 e. The van der Waals surface area contributed by atoms with Gasteiger partial charge in [0.1, 0.15) is 6.29 Å². The van der Waals surface area contributed by atoms with Gasteiger partial charge in [0, 0.05) is 5.92 Å². The van der Waals surface area contributed by atoms with E-state index in [0.29, 0.717) is 11.3 Å². The highest BCUT2D eigenvalue weighted by Gasteiger charge is 2.44. The van der Waals surface area contributed by atoms with Crippen molar-refractivity contribution in [1.29, 1.82) is 0 Å². The van der Waals surface area contributed by atoms with Crippen LogP contribution in [0.5, 0.6) is 0 Å². The van der Waals surface area contributed by atoms with Crippen molar-refractivity contribution in [1.82, 2.24) is 0 Å². The van der Waals surface area contributed by atoms with E-state index in [9.17, 15) is 4.79 Å². The maximum absolute atomic E-state index is 10.7. The molecule has 0 bridgehead atoms. The van der Waals surface area contributed by atoms with Crippen LogP contribution in [0.2, 0.25) is 0 Å². The second kappa shape index (κ2) is 3.11. The number of fused-ring (bicyclic) bond motifs is 1. The van der Waals surface area contributed by atoms with Crippen LogP contribution in [-0.4, -0.2) is 6.29 Å². The topological polar surface area (TPSA) is 17.1 Å². The number of hydrogen-bond acceptors (Lipinski definition) is 1. The molecule has 0 radical (unpaired) electrons. The van der Waals surface area contributed by atoms with Gasteiger partial charge in [-0.2, -0.15) is 0 Å². The predicted octanol–water partition coefficient (Wildman–Crippen LogP) is 3.04. The lowest BCUT2D eigenvalue weighted by atomic mass is 9.69. The second-order valence-electron chi connectivity index (χ2n) is 5.60. The summed E-state index contributed by atoms with van der Waals surface area (Å²) < 4.78 is 0. The van der Waals surface area contributed by atoms with Crippen molar-refractivity contribution >= 4 is 6.29 Å². The van der Waals surface area contributed by atoms with Gasteiger partial charge in [0.15, 0.2) is 0 Å². The van der Waals surface area contributed by atoms with Gasteiger partial charge < -0.3 is 4.79 Å². The third-order valence-electron chi connectivity index (χ3n) is 4.38. The molecule has 3 unspecified atom stereocenters. The minimum absolute atomic E-state index is 0.384. The van der Waals surface area contributed by atoms with E-state index >= 15 is 0 Å². The predicted molar refractivity (Wildman–Crippen MR) is 53.4 cm³/mol. The zero-order valence-electron chi connectivity index (χ0n) is 8.75. The Morgan fingerprint density at radius 3 is 2.69 bits per heavy atom. The SMILES string of the molecule is CC1(C)CCC2CC(C=O)CCC21. The quantitative estimate of drug-likeness (QED) is 0.567. The Labute approximate surface area is 80.9 Å². The third kappa shape index (κ3) is 1.53. The molecule has 0 heterocycles. The molecule has 0 N–H and O–H groups in total. The van der Waals surface area contributed by atoms with E-state index < -0.39 is 0 Å². The van der Waals surface area contributed by atoms with Crippen LogP contribution in [0.3, 0.4) is 0 Å². The Morgan fingerprint density at radius 1 is 1.23 bits per heavy atom. The first-order valence-electron chi connectivity index (χ1n) is 5.59. The standard InChI is InChI=1S/C12H20O/c1-12(2)6-5-10-7-9(8-13)3-4-11(10)12/h8-11H,3-7H2,1-2H3. The van der Waals surface area contributed by atoms with Gasteiger partial charge in [-0.3, -0.25) is 0 Å². The zero-order chi connectivity index (χ0) is 9.47. The molecule has 2 rings (SSSR count). The van der Waals surface area contributed by atoms with Gasteiger partial charge in [-0.15, -0.1) is 0 Å². The molecule has 1 heteroatoms. The van der Waals surface area contributed by atoms with Crippen molar-refractivity contribution in [2.24, 2.45) is 23.2 Å². The fourth-order valence-corrected chi connectivity index (χ4v) is 3.51. The summed E-state index contributed by atoms with van der Waals surface area (Å²) in [6.07, 6.45) is 7.53. The van der Waals surface area contributed by atoms with Gasteiger partial charge in [-0.25, -0.2) is 0 Å². The molecule has 3 atom stereocenters. The number of carbonyl (C=O) groups is 1. The van der Waals surface area contributed by atoms with E-state index in [4.69, 9.17) is 0 Å². The molecule has 0 aromatic carbocycles. The minimum Gasteiger partial charge on any atom is -0.303 e. The first kappa shape index (κ1) is 9.23. The summed E-state index contributed by atoms with van der Waals surface area (Å²) in [5.74, 6) is 2.15. The van der Waals surface area contributed by atoms with Crippen molar-refractivity contribution < 1.29 is 4.79 Å². The van der Waals surface area contributed by atoms with Crippen LogP contribution in [0.25, 0.3) is 0 Å². The molecule has 2 aliphatic carbocycles. The average molecular weight is 180 g/mol. The largest absolute Gasteiger partial charge is 0.303 e. The Hall–Kier alpha value is -0.330. The Balaban J connectivity index is 2.06. The van der Waals surface area contributed by atoms with E-state index in [0.717, 1.165) is 18.3 Å². The molecule has 13 heavy (non-hydrogen) atoms. The van der Waals surface area contributed by atoms with Crippen molar-refractivity contribution in [3.63, 3.8) is 0 Å². The lowest BCUT2D eigenvalue weighted by Crippen LogP contribution is -2.28. The maximum Gasteiger partial charge on any atom is 0.123 e. The fourth-order valence-electron chi connectivity index (χ4n) is 3.51. The van der Waals surface area contributed by atoms with Crippen molar-refractivity contribution in [2.75, 3.05) is 0 Å². The average Bonchev–Trinajstić information content (AvgIpc) is 2.42. The molecular formula is C12H20O. The van der Waals surface area contributed by atoms with Crippen LogP contribution in [0.1, 0.15) is 46.0 Å². The highest BCUT2D eigenvalue weighted by Crippen LogP contribution is 2.53. The molecule has 0 aromatic heterocycles. The second-order valence-corrected chi connectivity index (χ2v) is 5.60. The monoisotopic (exact) mass is 180 g/mol. The summed E-state index contributed by atoms with van der Waals surface area (Å²) in [5.41, 5.74) is 0.554. The summed E-state index contributed by atoms with van der Waals surface area (Å²) in [7, 11) is 0. The van der Waals surface area contributed by atoms with Crippen LogP contribution in [0.4, 0.5) is 0 Å². The molecule has 74 valence electrons. The maximum atomic E-state index is 10.7. The molecule has 0 spiro atoms. The Kier molecular flexibility index (Phi) is 2.21. The first-order chi connectivity index (χ1) is 6.13. The van der Waals surface area contributed by atoms with Crippen molar-refractivity contribution in [2.45, 2.75) is 46.0 Å². The van der Waals surface area contributed by atoms with Gasteiger partial charge in [0.2, 0.25) is 0 Å². The van der Waals surface area contributed by atoms with Crippen LogP contribution < -0.4 is 0 Å². The Bertz CT molecular complexity index is 207. The molecule has 0 saturated heterocycles. The van der Waals surface area contributed by atoms with Gasteiger partial charge in [0.25, 0.3) is 0 Å². The highest BCUT2D eigenvalue weighted by atomic mass is 16.1. The summed E-state index contributed by atoms with van der Waals surface area (Å²) in [6.45, 7) is 4.80. The lowest BCUT2D eigenvalue weighted by Gasteiger charge is -2.36. The Morgan fingerprint density at radius 2 is 2.00 bits per heavy atom. The van der Waals surface area contributed by atoms with Gasteiger partial charge >= 0.3 is 0 Å². The van der Waals surface area contributed by atoms with Crippen LogP contribution in [-0.2, 0) is 4.79 Å². The number of hydrogen-bond donors (Lipinski definition) is 0. The van der Waals surface area contributed by atoms with Gasteiger partial charge in [-0.05, 0) is 49.4 Å². The summed E-state index contributed by atoms with van der Waals surface area (Å²) in [4.78, 5) is 10.7. The van der Waals surface area contributed by atoms with Crippen LogP contribution >= 0.6 is 0 Å². The summed E-state index contributed by atoms with van der Waals surface area (Å²) >= 11 is 0. The number of carbonyl (C=O) groups excluding carboxylic acids is 1. The molecule has 0 amide bonds. The molecule has 2 saturated carbocycles. The summed E-state index contributed by atoms with van der Waals surface area (Å²) in [6, 6.07) is 0. The summed E-state index contributed by atoms with van der Waals surface area (Å²) in [5, 5.41) is 0. The zero-order valence-corrected chi connectivity index (χ0v) is 8.75. The van der Waals surface area contributed by atoms with Gasteiger partial charge in [-0.1, -0.05) is 13.8 Å². The van der Waals surface area contributed by atoms with E-state index in [1.807, 2.05) is 0 Å². The molecule has 0 aromatic rings. The molecule has 2 fully saturated rings. The van der Waals surface area contributed by atoms with Crippen molar-refractivity contribution in [3.8, 4) is 0 Å². The lowest BCUT2D eigenvalue weighted by molar-refractivity contribution is -0.112. The molecule has 0 aliphatic heterocycles. The number of aldehydes is 1. The van der Waals surface area contributed by atoms with E-state index in [-0.39, 0.29) is 0 Å². The van der Waals surface area contributed by atoms with Crippen molar-refractivity contribution in [3.05, 3.63) is 0 Å². The van der Waals surface area contributed by atoms with Crippen LogP contribution in [0, 0.1) is 23.2 Å². The molecule has 1 nitrogen and oxygen atoms in total. The molecule has 2 aliphatic rings. The highest BCUT2D eigenvalue weighted by molar-refractivity contribution is 5.53. The normalized spacial score (nSPS) is 42.8. The molecular weight excluding hydrogens is 160 g/mol. The first-order valence-corrected chi connectivity index (χ1v) is 5.59. The van der Waals surface area contributed by atoms with E-state index in [1.54, 1.807) is 0 Å². The third-order valence-corrected chi connectivity index (χ3v) is 4.38. The van der Waals surface area contributed by atoms with E-state index in [1.165, 1.54) is 32.0 Å². The van der Waals surface area contributed by atoms with Crippen LogP contribution in [0.15, 0.2) is 0 Å².